The average molecular weight is 373 g/mol. The minimum atomic E-state index is -1.14. The van der Waals surface area contributed by atoms with E-state index in [2.05, 4.69) is 0 Å². The van der Waals surface area contributed by atoms with Crippen molar-refractivity contribution < 1.29 is 29.0 Å². The Bertz CT molecular complexity index is 490. The first-order valence-corrected chi connectivity index (χ1v) is 9.61. The number of hydrogen-bond acceptors (Lipinski definition) is 6. The van der Waals surface area contributed by atoms with Crippen LogP contribution in [0, 0.1) is 5.92 Å². The molecular weight excluding hydrogens is 346 g/mol. The zero-order valence-corrected chi connectivity index (χ0v) is 15.7. The van der Waals surface area contributed by atoms with Crippen LogP contribution in [0.3, 0.4) is 0 Å². The van der Waals surface area contributed by atoms with Gasteiger partial charge in [0.1, 0.15) is 12.6 Å². The van der Waals surface area contributed by atoms with Crippen molar-refractivity contribution >= 4 is 34.7 Å². The minimum absolute atomic E-state index is 0.00572. The molecule has 1 atom stereocenters. The molecular formula is C17H27NO6S. The molecule has 0 spiro atoms. The Hall–Kier alpha value is -1.57. The molecule has 25 heavy (non-hydrogen) atoms. The van der Waals surface area contributed by atoms with E-state index in [1.54, 1.807) is 6.92 Å². The minimum Gasteiger partial charge on any atom is -0.480 e. The second kappa shape index (κ2) is 11.1. The summed E-state index contributed by atoms with van der Waals surface area (Å²) in [4.78, 5) is 47.5. The number of carboxylic acid groups (broad SMARTS) is 1. The summed E-state index contributed by atoms with van der Waals surface area (Å²) in [6.07, 6.45) is 4.90. The first kappa shape index (κ1) is 21.5. The summed E-state index contributed by atoms with van der Waals surface area (Å²) in [5, 5.41) is 8.89. The van der Waals surface area contributed by atoms with Crippen molar-refractivity contribution in [1.82, 2.24) is 4.90 Å². The lowest BCUT2D eigenvalue weighted by Crippen LogP contribution is -2.41. The van der Waals surface area contributed by atoms with Crippen LogP contribution in [0.1, 0.15) is 52.4 Å². The molecule has 0 radical (unpaired) electrons. The van der Waals surface area contributed by atoms with Crippen molar-refractivity contribution in [2.75, 3.05) is 18.8 Å². The lowest BCUT2D eigenvalue weighted by atomic mass is 9.98. The topological polar surface area (TPSA) is 101 Å². The van der Waals surface area contributed by atoms with Gasteiger partial charge in [-0.25, -0.2) is 0 Å². The van der Waals surface area contributed by atoms with Gasteiger partial charge < -0.3 is 14.7 Å². The predicted molar refractivity (Wildman–Crippen MR) is 94.1 cm³/mol. The van der Waals surface area contributed by atoms with E-state index in [9.17, 15) is 19.2 Å². The molecule has 142 valence electrons. The molecule has 0 aromatic rings. The van der Waals surface area contributed by atoms with Gasteiger partial charge in [-0.05, 0) is 25.7 Å². The quantitative estimate of drug-likeness (QED) is 0.617. The third-order valence-electron chi connectivity index (χ3n) is 4.03. The van der Waals surface area contributed by atoms with Crippen LogP contribution in [-0.4, -0.2) is 57.9 Å². The predicted octanol–water partition coefficient (Wildman–Crippen LogP) is 2.08. The Morgan fingerprint density at radius 2 is 1.84 bits per heavy atom. The Labute approximate surface area is 152 Å². The second-order valence-electron chi connectivity index (χ2n) is 6.36. The number of carbonyl (C=O) groups excluding carboxylic acids is 3. The Kier molecular flexibility index (Phi) is 9.55. The van der Waals surface area contributed by atoms with Gasteiger partial charge in [-0.3, -0.25) is 19.2 Å². The molecule has 0 aromatic carbocycles. The number of esters is 1. The zero-order chi connectivity index (χ0) is 18.8. The summed E-state index contributed by atoms with van der Waals surface area (Å²) >= 11 is 1.03. The van der Waals surface area contributed by atoms with Gasteiger partial charge in [0.25, 0.3) is 0 Å². The molecule has 0 heterocycles. The number of ether oxygens (including phenoxy) is 1. The summed E-state index contributed by atoms with van der Waals surface area (Å²) in [5.41, 5.74) is 0. The van der Waals surface area contributed by atoms with Crippen molar-refractivity contribution in [2.45, 2.75) is 58.5 Å². The highest BCUT2D eigenvalue weighted by molar-refractivity contribution is 8.13. The van der Waals surface area contributed by atoms with E-state index in [0.717, 1.165) is 48.8 Å². The maximum atomic E-state index is 12.4. The van der Waals surface area contributed by atoms with Crippen molar-refractivity contribution in [2.24, 2.45) is 5.92 Å². The number of thioether (sulfide) groups is 1. The van der Waals surface area contributed by atoms with Gasteiger partial charge in [-0.1, -0.05) is 25.1 Å². The number of nitrogens with zero attached hydrogens (tertiary/aromatic N) is 1. The molecule has 0 aromatic heterocycles. The molecule has 1 rings (SSSR count). The van der Waals surface area contributed by atoms with E-state index in [-0.39, 0.29) is 35.8 Å². The van der Waals surface area contributed by atoms with Crippen molar-refractivity contribution in [1.29, 1.82) is 0 Å². The van der Waals surface area contributed by atoms with E-state index in [1.807, 2.05) is 0 Å². The van der Waals surface area contributed by atoms with Crippen LogP contribution in [-0.2, 0) is 23.9 Å². The molecule has 1 aliphatic rings. The van der Waals surface area contributed by atoms with Crippen LogP contribution < -0.4 is 0 Å². The Balaban J connectivity index is 2.50. The number of carbonyl (C=O) groups is 4. The SMILES string of the molecule is CC(=O)SCC(C)C(=O)N(CCC(=O)OC1CCCCC1)CC(=O)O. The van der Waals surface area contributed by atoms with Crippen LogP contribution >= 0.6 is 11.8 Å². The fraction of sp³-hybridized carbons (Fsp3) is 0.765. The molecule has 1 unspecified atom stereocenters. The second-order valence-corrected chi connectivity index (χ2v) is 7.55. The van der Waals surface area contributed by atoms with E-state index >= 15 is 0 Å². The molecule has 7 nitrogen and oxygen atoms in total. The lowest BCUT2D eigenvalue weighted by Gasteiger charge is -2.25. The molecule has 0 saturated heterocycles. The summed E-state index contributed by atoms with van der Waals surface area (Å²) < 4.78 is 5.39. The van der Waals surface area contributed by atoms with Gasteiger partial charge in [-0.15, -0.1) is 0 Å². The van der Waals surface area contributed by atoms with Crippen molar-refractivity contribution in [3.05, 3.63) is 0 Å². The number of amides is 1. The van der Waals surface area contributed by atoms with E-state index in [1.165, 1.54) is 6.92 Å². The standard InChI is InChI=1S/C17H27NO6S/c1-12(11-25-13(2)19)17(23)18(10-15(20)21)9-8-16(22)24-14-6-4-3-5-7-14/h12,14H,3-11H2,1-2H3,(H,20,21). The number of aliphatic carboxylic acids is 1. The largest absolute Gasteiger partial charge is 0.480 e. The molecule has 1 fully saturated rings. The van der Waals surface area contributed by atoms with Crippen LogP contribution in [0.25, 0.3) is 0 Å². The Morgan fingerprint density at radius 3 is 2.40 bits per heavy atom. The van der Waals surface area contributed by atoms with Crippen LogP contribution in [0.4, 0.5) is 0 Å². The highest BCUT2D eigenvalue weighted by Gasteiger charge is 2.24. The molecule has 1 saturated carbocycles. The van der Waals surface area contributed by atoms with Gasteiger partial charge in [0.15, 0.2) is 5.12 Å². The van der Waals surface area contributed by atoms with Gasteiger partial charge in [0, 0.05) is 25.1 Å². The molecule has 0 aliphatic heterocycles. The van der Waals surface area contributed by atoms with Crippen molar-refractivity contribution in [3.8, 4) is 0 Å². The first-order chi connectivity index (χ1) is 11.8. The van der Waals surface area contributed by atoms with Crippen LogP contribution in [0.5, 0.6) is 0 Å². The van der Waals surface area contributed by atoms with Crippen molar-refractivity contribution in [3.63, 3.8) is 0 Å². The number of carboxylic acids is 1. The smallest absolute Gasteiger partial charge is 0.323 e. The van der Waals surface area contributed by atoms with Gasteiger partial charge in [0.05, 0.1) is 6.42 Å². The fourth-order valence-corrected chi connectivity index (χ4v) is 3.34. The highest BCUT2D eigenvalue weighted by atomic mass is 32.2. The maximum Gasteiger partial charge on any atom is 0.323 e. The zero-order valence-electron chi connectivity index (χ0n) is 14.9. The van der Waals surface area contributed by atoms with Crippen LogP contribution in [0.15, 0.2) is 0 Å². The summed E-state index contributed by atoms with van der Waals surface area (Å²) in [5.74, 6) is -2.12. The monoisotopic (exact) mass is 373 g/mol. The molecule has 1 amide bonds. The van der Waals surface area contributed by atoms with E-state index in [4.69, 9.17) is 9.84 Å². The molecule has 8 heteroatoms. The molecule has 1 N–H and O–H groups in total. The summed E-state index contributed by atoms with van der Waals surface area (Å²) in [6.45, 7) is 2.60. The first-order valence-electron chi connectivity index (χ1n) is 8.63. The number of hydrogen-bond donors (Lipinski definition) is 1. The normalized spacial score (nSPS) is 16.1. The van der Waals surface area contributed by atoms with Crippen LogP contribution in [0.2, 0.25) is 0 Å². The lowest BCUT2D eigenvalue weighted by molar-refractivity contribution is -0.153. The average Bonchev–Trinajstić information content (AvgIpc) is 2.56. The molecule has 1 aliphatic carbocycles. The third-order valence-corrected chi connectivity index (χ3v) is 5.11. The number of rotatable bonds is 9. The van der Waals surface area contributed by atoms with Gasteiger partial charge in [-0.2, -0.15) is 0 Å². The van der Waals surface area contributed by atoms with E-state index in [0.29, 0.717) is 0 Å². The van der Waals surface area contributed by atoms with Gasteiger partial charge in [0.2, 0.25) is 5.91 Å². The molecule has 0 bridgehead atoms. The summed E-state index contributed by atoms with van der Waals surface area (Å²) in [6, 6.07) is 0. The Morgan fingerprint density at radius 1 is 1.20 bits per heavy atom. The summed E-state index contributed by atoms with van der Waals surface area (Å²) in [7, 11) is 0. The highest BCUT2D eigenvalue weighted by Crippen LogP contribution is 2.20. The fourth-order valence-electron chi connectivity index (χ4n) is 2.71. The third kappa shape index (κ3) is 8.90. The maximum absolute atomic E-state index is 12.4. The van der Waals surface area contributed by atoms with E-state index < -0.39 is 24.4 Å². The van der Waals surface area contributed by atoms with Gasteiger partial charge >= 0.3 is 11.9 Å².